The first kappa shape index (κ1) is 16.0. The monoisotopic (exact) mass is 305 g/mol. The summed E-state index contributed by atoms with van der Waals surface area (Å²) in [7, 11) is 0. The molecule has 0 aromatic carbocycles. The summed E-state index contributed by atoms with van der Waals surface area (Å²) in [5.74, 6) is 2.48. The van der Waals surface area contributed by atoms with Crippen molar-refractivity contribution in [2.24, 2.45) is 0 Å². The number of hydrogen-bond donors (Lipinski definition) is 2. The third-order valence-electron chi connectivity index (χ3n) is 4.44. The van der Waals surface area contributed by atoms with Crippen LogP contribution in [-0.2, 0) is 4.74 Å². The van der Waals surface area contributed by atoms with Crippen molar-refractivity contribution in [2.75, 3.05) is 31.0 Å². The minimum atomic E-state index is 0.148. The molecule has 0 bridgehead atoms. The van der Waals surface area contributed by atoms with E-state index >= 15 is 0 Å². The molecule has 2 fully saturated rings. The summed E-state index contributed by atoms with van der Waals surface area (Å²) < 4.78 is 6.12. The van der Waals surface area contributed by atoms with Gasteiger partial charge in [0.15, 0.2) is 0 Å². The highest BCUT2D eigenvalue weighted by molar-refractivity contribution is 7.99. The van der Waals surface area contributed by atoms with E-state index in [2.05, 4.69) is 30.3 Å². The Kier molecular flexibility index (Phi) is 6.34. The molecule has 112 valence electrons. The minimum Gasteiger partial charge on any atom is -0.395 e. The smallest absolute Gasteiger partial charge is 0.0713 e. The largest absolute Gasteiger partial charge is 0.395 e. The molecular weight excluding hydrogens is 278 g/mol. The van der Waals surface area contributed by atoms with Crippen molar-refractivity contribution in [1.82, 2.24) is 5.32 Å². The van der Waals surface area contributed by atoms with Gasteiger partial charge in [0.2, 0.25) is 0 Å². The van der Waals surface area contributed by atoms with E-state index in [1.54, 1.807) is 11.8 Å². The van der Waals surface area contributed by atoms with Gasteiger partial charge in [0.25, 0.3) is 0 Å². The van der Waals surface area contributed by atoms with Crippen LogP contribution in [0.5, 0.6) is 0 Å². The molecule has 0 amide bonds. The maximum Gasteiger partial charge on any atom is 0.0713 e. The Morgan fingerprint density at radius 2 is 2.21 bits per heavy atom. The van der Waals surface area contributed by atoms with E-state index in [-0.39, 0.29) is 12.2 Å². The maximum absolute atomic E-state index is 9.38. The van der Waals surface area contributed by atoms with Crippen molar-refractivity contribution in [1.29, 1.82) is 0 Å². The molecule has 2 aliphatic heterocycles. The quantitative estimate of drug-likeness (QED) is 0.814. The molecule has 2 aliphatic rings. The molecule has 2 saturated heterocycles. The molecule has 19 heavy (non-hydrogen) atoms. The third kappa shape index (κ3) is 4.27. The fraction of sp³-hybridized carbons (Fsp3) is 1.00. The Morgan fingerprint density at radius 1 is 1.47 bits per heavy atom. The Hall–Kier alpha value is 0.580. The van der Waals surface area contributed by atoms with E-state index in [4.69, 9.17) is 4.74 Å². The Morgan fingerprint density at radius 3 is 2.84 bits per heavy atom. The molecule has 3 atom stereocenters. The van der Waals surface area contributed by atoms with Gasteiger partial charge < -0.3 is 15.2 Å². The van der Waals surface area contributed by atoms with Crippen LogP contribution in [0.25, 0.3) is 0 Å². The lowest BCUT2D eigenvalue weighted by Crippen LogP contribution is -2.52. The molecule has 3 nitrogen and oxygen atoms in total. The lowest BCUT2D eigenvalue weighted by atomic mass is 9.85. The molecule has 0 saturated carbocycles. The van der Waals surface area contributed by atoms with Crippen molar-refractivity contribution in [2.45, 2.75) is 55.5 Å². The van der Waals surface area contributed by atoms with E-state index < -0.39 is 0 Å². The summed E-state index contributed by atoms with van der Waals surface area (Å²) in [6.45, 7) is 3.33. The van der Waals surface area contributed by atoms with Crippen molar-refractivity contribution in [3.8, 4) is 0 Å². The van der Waals surface area contributed by atoms with Crippen LogP contribution in [0.4, 0.5) is 0 Å². The summed E-state index contributed by atoms with van der Waals surface area (Å²) in [5.41, 5.74) is 0.148. The number of aliphatic hydroxyl groups excluding tert-OH is 1. The van der Waals surface area contributed by atoms with Gasteiger partial charge in [-0.2, -0.15) is 23.5 Å². The number of thioether (sulfide) groups is 2. The second-order valence-electron chi connectivity index (χ2n) is 5.75. The molecule has 0 radical (unpaired) electrons. The summed E-state index contributed by atoms with van der Waals surface area (Å²) in [4.78, 5) is 0. The van der Waals surface area contributed by atoms with Crippen LogP contribution in [0.3, 0.4) is 0 Å². The Balaban J connectivity index is 1.86. The lowest BCUT2D eigenvalue weighted by molar-refractivity contribution is -0.0941. The molecule has 0 aromatic heterocycles. The topological polar surface area (TPSA) is 41.5 Å². The Bertz CT molecular complexity index is 263. The zero-order valence-corrected chi connectivity index (χ0v) is 13.7. The first-order chi connectivity index (χ1) is 9.19. The molecule has 5 heteroatoms. The summed E-state index contributed by atoms with van der Waals surface area (Å²) in [6.07, 6.45) is 6.73. The normalized spacial score (nSPS) is 30.2. The van der Waals surface area contributed by atoms with Crippen LogP contribution in [0.15, 0.2) is 0 Å². The van der Waals surface area contributed by atoms with Crippen molar-refractivity contribution in [3.63, 3.8) is 0 Å². The van der Waals surface area contributed by atoms with Crippen molar-refractivity contribution >= 4 is 23.5 Å². The average molecular weight is 306 g/mol. The molecular formula is C14H27NO2S2. The zero-order chi connectivity index (χ0) is 13.7. The van der Waals surface area contributed by atoms with Crippen LogP contribution < -0.4 is 5.32 Å². The van der Waals surface area contributed by atoms with E-state index in [0.717, 1.165) is 19.4 Å². The van der Waals surface area contributed by atoms with Crippen molar-refractivity contribution < 1.29 is 9.84 Å². The predicted octanol–water partition coefficient (Wildman–Crippen LogP) is 2.13. The molecule has 0 aliphatic carbocycles. The highest BCUT2D eigenvalue weighted by atomic mass is 32.2. The number of ether oxygens (including phenoxy) is 1. The van der Waals surface area contributed by atoms with Crippen molar-refractivity contribution in [3.05, 3.63) is 0 Å². The second-order valence-corrected chi connectivity index (χ2v) is 8.05. The Labute approximate surface area is 125 Å². The van der Waals surface area contributed by atoms with Crippen LogP contribution in [0, 0.1) is 0 Å². The first-order valence-electron chi connectivity index (χ1n) is 7.30. The van der Waals surface area contributed by atoms with E-state index in [0.29, 0.717) is 17.3 Å². The minimum absolute atomic E-state index is 0.148. The van der Waals surface area contributed by atoms with E-state index in [9.17, 15) is 5.11 Å². The van der Waals surface area contributed by atoms with Gasteiger partial charge in [0, 0.05) is 23.9 Å². The van der Waals surface area contributed by atoms with Gasteiger partial charge in [0.05, 0.1) is 12.2 Å². The average Bonchev–Trinajstić information content (AvgIpc) is 2.41. The molecule has 2 heterocycles. The van der Waals surface area contributed by atoms with Gasteiger partial charge in [-0.15, -0.1) is 0 Å². The molecule has 2 rings (SSSR count). The first-order valence-corrected chi connectivity index (χ1v) is 9.75. The molecule has 2 N–H and O–H groups in total. The summed E-state index contributed by atoms with van der Waals surface area (Å²) in [5, 5.41) is 13.4. The van der Waals surface area contributed by atoms with E-state index in [1.165, 1.54) is 24.3 Å². The number of aliphatic hydroxyl groups is 1. The number of hydrogen-bond acceptors (Lipinski definition) is 5. The van der Waals surface area contributed by atoms with Crippen LogP contribution in [-0.4, -0.2) is 59.0 Å². The van der Waals surface area contributed by atoms with Crippen LogP contribution in [0.2, 0.25) is 0 Å². The SMILES string of the molecule is CSC(CO)C(C)NC1CCOC2(CCSCC2)C1. The fourth-order valence-corrected chi connectivity index (χ4v) is 5.05. The van der Waals surface area contributed by atoms with E-state index in [1.807, 2.05) is 0 Å². The van der Waals surface area contributed by atoms with Gasteiger partial charge in [0.1, 0.15) is 0 Å². The molecule has 3 unspecified atom stereocenters. The molecule has 1 spiro atoms. The highest BCUT2D eigenvalue weighted by Crippen LogP contribution is 2.37. The predicted molar refractivity (Wildman–Crippen MR) is 85.3 cm³/mol. The van der Waals surface area contributed by atoms with Gasteiger partial charge in [-0.25, -0.2) is 0 Å². The standard InChI is InChI=1S/C14H27NO2S2/c1-11(13(10-16)18-2)15-12-3-6-17-14(9-12)4-7-19-8-5-14/h11-13,15-16H,3-10H2,1-2H3. The number of nitrogens with one attached hydrogen (secondary N) is 1. The number of rotatable bonds is 5. The zero-order valence-electron chi connectivity index (χ0n) is 12.1. The van der Waals surface area contributed by atoms with Crippen LogP contribution in [0.1, 0.15) is 32.6 Å². The highest BCUT2D eigenvalue weighted by Gasteiger charge is 2.39. The summed E-state index contributed by atoms with van der Waals surface area (Å²) in [6, 6.07) is 0.908. The summed E-state index contributed by atoms with van der Waals surface area (Å²) >= 11 is 3.80. The third-order valence-corrected chi connectivity index (χ3v) is 6.58. The van der Waals surface area contributed by atoms with Gasteiger partial charge in [-0.05, 0) is 50.4 Å². The molecule has 0 aromatic rings. The van der Waals surface area contributed by atoms with Gasteiger partial charge >= 0.3 is 0 Å². The van der Waals surface area contributed by atoms with Crippen LogP contribution >= 0.6 is 23.5 Å². The lowest BCUT2D eigenvalue weighted by Gasteiger charge is -2.44. The van der Waals surface area contributed by atoms with Gasteiger partial charge in [-0.1, -0.05) is 0 Å². The second kappa shape index (κ2) is 7.55. The fourth-order valence-electron chi connectivity index (χ4n) is 3.18. The maximum atomic E-state index is 9.38. The van der Waals surface area contributed by atoms with Gasteiger partial charge in [-0.3, -0.25) is 0 Å².